The zero-order chi connectivity index (χ0) is 18.4. The third kappa shape index (κ3) is 4.92. The van der Waals surface area contributed by atoms with Crippen molar-refractivity contribution in [3.8, 4) is 5.75 Å². The minimum atomic E-state index is -0.137. The molecule has 0 aromatic heterocycles. The van der Waals surface area contributed by atoms with Gasteiger partial charge in [-0.2, -0.15) is 0 Å². The van der Waals surface area contributed by atoms with E-state index in [1.165, 1.54) is 6.42 Å². The molecule has 1 fully saturated rings. The van der Waals surface area contributed by atoms with Crippen LogP contribution in [-0.2, 0) is 4.79 Å². The van der Waals surface area contributed by atoms with Gasteiger partial charge in [0.2, 0.25) is 0 Å². The molecule has 1 saturated carbocycles. The fourth-order valence-electron chi connectivity index (χ4n) is 3.21. The van der Waals surface area contributed by atoms with Crippen LogP contribution in [0.15, 0.2) is 54.6 Å². The largest absolute Gasteiger partial charge is 0.426 e. The van der Waals surface area contributed by atoms with E-state index < -0.39 is 0 Å². The Kier molecular flexibility index (Phi) is 6.00. The van der Waals surface area contributed by atoms with Crippen LogP contribution in [0.4, 0.5) is 0 Å². The average Bonchev–Trinajstić information content (AvgIpc) is 2.67. The van der Waals surface area contributed by atoms with E-state index in [4.69, 9.17) is 4.74 Å². The molecule has 0 saturated heterocycles. The van der Waals surface area contributed by atoms with Crippen molar-refractivity contribution in [2.24, 2.45) is 5.92 Å². The highest BCUT2D eigenvalue weighted by atomic mass is 16.5. The first kappa shape index (κ1) is 18.1. The number of allylic oxidation sites excluding steroid dienone is 1. The number of hydrogen-bond acceptors (Lipinski definition) is 3. The summed E-state index contributed by atoms with van der Waals surface area (Å²) in [7, 11) is 0. The zero-order valence-electron chi connectivity index (χ0n) is 15.1. The van der Waals surface area contributed by atoms with Crippen LogP contribution in [0.5, 0.6) is 5.75 Å². The quantitative estimate of drug-likeness (QED) is 0.315. The van der Waals surface area contributed by atoms with E-state index in [1.54, 1.807) is 24.3 Å². The zero-order valence-corrected chi connectivity index (χ0v) is 15.1. The molecule has 3 rings (SSSR count). The predicted octanol–water partition coefficient (Wildman–Crippen LogP) is 5.38. The number of esters is 1. The van der Waals surface area contributed by atoms with Crippen molar-refractivity contribution in [1.29, 1.82) is 0 Å². The van der Waals surface area contributed by atoms with Crippen molar-refractivity contribution in [2.75, 3.05) is 0 Å². The minimum absolute atomic E-state index is 0.0195. The Hall–Kier alpha value is -2.68. The first-order valence-corrected chi connectivity index (χ1v) is 9.23. The standard InChI is InChI=1S/C23H24O3/c1-17-10-13-19(14-11-17)22(24)15-12-18-6-5-9-21(16-18)26-23(25)20-7-3-2-4-8-20/h5-6,9-16,20H,2-4,7-8H2,1H3. The second-order valence-corrected chi connectivity index (χ2v) is 6.89. The van der Waals surface area contributed by atoms with Gasteiger partial charge in [-0.05, 0) is 43.5 Å². The Balaban J connectivity index is 1.64. The van der Waals surface area contributed by atoms with Crippen LogP contribution in [-0.4, -0.2) is 11.8 Å². The normalized spacial score (nSPS) is 15.1. The van der Waals surface area contributed by atoms with E-state index in [2.05, 4.69) is 0 Å². The predicted molar refractivity (Wildman–Crippen MR) is 103 cm³/mol. The van der Waals surface area contributed by atoms with Crippen LogP contribution in [0, 0.1) is 12.8 Å². The first-order valence-electron chi connectivity index (χ1n) is 9.23. The number of carbonyl (C=O) groups excluding carboxylic acids is 2. The molecular weight excluding hydrogens is 324 g/mol. The van der Waals surface area contributed by atoms with E-state index in [0.717, 1.165) is 36.8 Å². The number of carbonyl (C=O) groups is 2. The fraction of sp³-hybridized carbons (Fsp3) is 0.304. The molecule has 1 aliphatic rings. The second-order valence-electron chi connectivity index (χ2n) is 6.89. The summed E-state index contributed by atoms with van der Waals surface area (Å²) in [6.07, 6.45) is 8.55. The summed E-state index contributed by atoms with van der Waals surface area (Å²) in [5.74, 6) is 0.368. The van der Waals surface area contributed by atoms with E-state index in [9.17, 15) is 9.59 Å². The van der Waals surface area contributed by atoms with Crippen molar-refractivity contribution in [3.05, 3.63) is 71.3 Å². The molecule has 0 amide bonds. The molecule has 0 atom stereocenters. The van der Waals surface area contributed by atoms with Gasteiger partial charge in [0.1, 0.15) is 5.75 Å². The molecule has 26 heavy (non-hydrogen) atoms. The molecular formula is C23H24O3. The lowest BCUT2D eigenvalue weighted by Gasteiger charge is -2.19. The summed E-state index contributed by atoms with van der Waals surface area (Å²) in [4.78, 5) is 24.5. The van der Waals surface area contributed by atoms with Crippen LogP contribution < -0.4 is 4.74 Å². The van der Waals surface area contributed by atoms with Crippen molar-refractivity contribution >= 4 is 17.8 Å². The topological polar surface area (TPSA) is 43.4 Å². The maximum Gasteiger partial charge on any atom is 0.314 e. The summed E-state index contributed by atoms with van der Waals surface area (Å²) in [6, 6.07) is 14.8. The highest BCUT2D eigenvalue weighted by Gasteiger charge is 2.22. The molecule has 0 unspecified atom stereocenters. The Bertz CT molecular complexity index is 796. The maximum atomic E-state index is 12.3. The molecule has 1 aliphatic carbocycles. The van der Waals surface area contributed by atoms with Gasteiger partial charge in [0, 0.05) is 5.56 Å². The van der Waals surface area contributed by atoms with Crippen LogP contribution in [0.25, 0.3) is 6.08 Å². The molecule has 0 aliphatic heterocycles. The molecule has 3 nitrogen and oxygen atoms in total. The first-order chi connectivity index (χ1) is 12.6. The molecule has 0 spiro atoms. The van der Waals surface area contributed by atoms with Gasteiger partial charge < -0.3 is 4.74 Å². The second kappa shape index (κ2) is 8.61. The van der Waals surface area contributed by atoms with Crippen molar-refractivity contribution in [3.63, 3.8) is 0 Å². The summed E-state index contributed by atoms with van der Waals surface area (Å²) in [5, 5.41) is 0. The minimum Gasteiger partial charge on any atom is -0.426 e. The molecule has 0 radical (unpaired) electrons. The average molecular weight is 348 g/mol. The molecule has 0 N–H and O–H groups in total. The van der Waals surface area contributed by atoms with Gasteiger partial charge in [-0.15, -0.1) is 0 Å². The summed E-state index contributed by atoms with van der Waals surface area (Å²) < 4.78 is 5.54. The van der Waals surface area contributed by atoms with Crippen LogP contribution in [0.2, 0.25) is 0 Å². The Morgan fingerprint density at radius 3 is 2.46 bits per heavy atom. The Labute approximate surface area is 154 Å². The van der Waals surface area contributed by atoms with E-state index in [1.807, 2.05) is 43.3 Å². The van der Waals surface area contributed by atoms with Gasteiger partial charge in [0.05, 0.1) is 5.92 Å². The number of hydrogen-bond donors (Lipinski definition) is 0. The van der Waals surface area contributed by atoms with Gasteiger partial charge in [-0.3, -0.25) is 9.59 Å². The third-order valence-electron chi connectivity index (χ3n) is 4.78. The summed E-state index contributed by atoms with van der Waals surface area (Å²) in [6.45, 7) is 1.99. The van der Waals surface area contributed by atoms with E-state index in [0.29, 0.717) is 11.3 Å². The van der Waals surface area contributed by atoms with E-state index >= 15 is 0 Å². The van der Waals surface area contributed by atoms with Gasteiger partial charge in [-0.25, -0.2) is 0 Å². The third-order valence-corrected chi connectivity index (χ3v) is 4.78. The number of aryl methyl sites for hydroxylation is 1. The van der Waals surface area contributed by atoms with Gasteiger partial charge in [0.15, 0.2) is 5.78 Å². The lowest BCUT2D eigenvalue weighted by molar-refractivity contribution is -0.139. The molecule has 2 aromatic carbocycles. The Morgan fingerprint density at radius 2 is 1.73 bits per heavy atom. The molecule has 0 bridgehead atoms. The molecule has 0 heterocycles. The van der Waals surface area contributed by atoms with Crippen LogP contribution >= 0.6 is 0 Å². The smallest absolute Gasteiger partial charge is 0.314 e. The SMILES string of the molecule is Cc1ccc(C(=O)C=Cc2cccc(OC(=O)C3CCCCC3)c2)cc1. The van der Waals surface area contributed by atoms with Crippen molar-refractivity contribution in [1.82, 2.24) is 0 Å². The van der Waals surface area contributed by atoms with Crippen molar-refractivity contribution in [2.45, 2.75) is 39.0 Å². The molecule has 2 aromatic rings. The van der Waals surface area contributed by atoms with Gasteiger partial charge in [-0.1, -0.05) is 67.3 Å². The Morgan fingerprint density at radius 1 is 1.00 bits per heavy atom. The van der Waals surface area contributed by atoms with Crippen molar-refractivity contribution < 1.29 is 14.3 Å². The highest BCUT2D eigenvalue weighted by Crippen LogP contribution is 2.26. The maximum absolute atomic E-state index is 12.3. The van der Waals surface area contributed by atoms with Gasteiger partial charge in [0.25, 0.3) is 0 Å². The fourth-order valence-corrected chi connectivity index (χ4v) is 3.21. The number of rotatable bonds is 5. The van der Waals surface area contributed by atoms with Crippen LogP contribution in [0.3, 0.4) is 0 Å². The molecule has 134 valence electrons. The monoisotopic (exact) mass is 348 g/mol. The highest BCUT2D eigenvalue weighted by molar-refractivity contribution is 6.06. The van der Waals surface area contributed by atoms with Gasteiger partial charge >= 0.3 is 5.97 Å². The van der Waals surface area contributed by atoms with Crippen LogP contribution in [0.1, 0.15) is 53.6 Å². The molecule has 3 heteroatoms. The summed E-state index contributed by atoms with van der Waals surface area (Å²) >= 11 is 0. The van der Waals surface area contributed by atoms with E-state index in [-0.39, 0.29) is 17.7 Å². The number of ketones is 1. The lowest BCUT2D eigenvalue weighted by Crippen LogP contribution is -2.22. The summed E-state index contributed by atoms with van der Waals surface area (Å²) in [5.41, 5.74) is 2.61. The number of ether oxygens (including phenoxy) is 1. The lowest BCUT2D eigenvalue weighted by atomic mass is 9.89. The number of benzene rings is 2.